The van der Waals surface area contributed by atoms with Gasteiger partial charge in [0.2, 0.25) is 0 Å². The number of hydrogen-bond acceptors (Lipinski definition) is 11. The highest BCUT2D eigenvalue weighted by molar-refractivity contribution is 5.97. The highest BCUT2D eigenvalue weighted by Gasteiger charge is 2.26. The van der Waals surface area contributed by atoms with E-state index in [0.29, 0.717) is 16.7 Å². The van der Waals surface area contributed by atoms with Gasteiger partial charge in [-0.15, -0.1) is 0 Å². The van der Waals surface area contributed by atoms with Crippen molar-refractivity contribution in [2.75, 3.05) is 14.2 Å². The van der Waals surface area contributed by atoms with Crippen LogP contribution in [0.4, 0.5) is 0 Å². The molecule has 0 aliphatic rings. The van der Waals surface area contributed by atoms with Gasteiger partial charge < -0.3 is 46.1 Å². The SMILES string of the molecule is COC(=O)[C@@H](N)[C@@H](C)O.COC(=O)[C@@H](NC(=O)c1ccc(C#CC#C[C@H](C)O)cc1)[C@@H](C)O.C[C@H](O)C#CC#Cc1ccc(C(=O)O)cc1. The minimum absolute atomic E-state index is 0.223. The molecule has 2 rings (SSSR count). The summed E-state index contributed by atoms with van der Waals surface area (Å²) in [7, 11) is 2.41. The Hall–Kier alpha value is -5.64. The fraction of sp³-hybridized carbons (Fsp3) is 0.333. The van der Waals surface area contributed by atoms with Crippen LogP contribution in [0, 0.1) is 47.4 Å². The Balaban J connectivity index is 0.000000790. The summed E-state index contributed by atoms with van der Waals surface area (Å²) in [4.78, 5) is 44.6. The molecule has 49 heavy (non-hydrogen) atoms. The number of amides is 1. The molecular formula is C36H40N2O11. The summed E-state index contributed by atoms with van der Waals surface area (Å²) >= 11 is 0. The molecule has 0 radical (unpaired) electrons. The van der Waals surface area contributed by atoms with Crippen molar-refractivity contribution in [2.45, 2.75) is 64.2 Å². The third kappa shape index (κ3) is 18.9. The number of hydrogen-bond donors (Lipinski definition) is 7. The van der Waals surface area contributed by atoms with E-state index in [1.165, 1.54) is 59.3 Å². The smallest absolute Gasteiger partial charge is 0.335 e. The van der Waals surface area contributed by atoms with Gasteiger partial charge in [0.15, 0.2) is 6.04 Å². The molecule has 0 saturated heterocycles. The fourth-order valence-electron chi connectivity index (χ4n) is 2.95. The lowest BCUT2D eigenvalue weighted by atomic mass is 10.1. The summed E-state index contributed by atoms with van der Waals surface area (Å²) in [6, 6.07) is 10.5. The summed E-state index contributed by atoms with van der Waals surface area (Å²) in [5.74, 6) is 17.8. The Morgan fingerprint density at radius 1 is 0.653 bits per heavy atom. The van der Waals surface area contributed by atoms with Crippen LogP contribution in [0.2, 0.25) is 0 Å². The van der Waals surface area contributed by atoms with Gasteiger partial charge in [0.05, 0.1) is 32.0 Å². The van der Waals surface area contributed by atoms with Gasteiger partial charge >= 0.3 is 17.9 Å². The monoisotopic (exact) mass is 676 g/mol. The molecular weight excluding hydrogens is 636 g/mol. The van der Waals surface area contributed by atoms with Crippen LogP contribution in [0.1, 0.15) is 59.5 Å². The van der Waals surface area contributed by atoms with E-state index in [4.69, 9.17) is 26.2 Å². The minimum Gasteiger partial charge on any atom is -0.478 e. The summed E-state index contributed by atoms with van der Waals surface area (Å²) in [6.45, 7) is 5.91. The predicted molar refractivity (Wildman–Crippen MR) is 179 cm³/mol. The van der Waals surface area contributed by atoms with Crippen LogP contribution >= 0.6 is 0 Å². The molecule has 1 amide bonds. The molecule has 0 aliphatic carbocycles. The van der Waals surface area contributed by atoms with Crippen molar-refractivity contribution < 1.29 is 54.2 Å². The largest absolute Gasteiger partial charge is 0.478 e. The number of methoxy groups -OCH3 is 2. The van der Waals surface area contributed by atoms with Crippen LogP contribution in [0.25, 0.3) is 0 Å². The molecule has 0 unspecified atom stereocenters. The molecule has 0 saturated carbocycles. The van der Waals surface area contributed by atoms with Crippen LogP contribution in [0.5, 0.6) is 0 Å². The number of esters is 2. The van der Waals surface area contributed by atoms with Crippen LogP contribution in [-0.2, 0) is 19.1 Å². The lowest BCUT2D eigenvalue weighted by Crippen LogP contribution is -2.48. The van der Waals surface area contributed by atoms with Crippen LogP contribution in [0.3, 0.4) is 0 Å². The maximum atomic E-state index is 12.1. The first-order valence-corrected chi connectivity index (χ1v) is 14.4. The number of carbonyl (C=O) groups is 4. The van der Waals surface area contributed by atoms with E-state index in [9.17, 15) is 24.3 Å². The van der Waals surface area contributed by atoms with Crippen molar-refractivity contribution in [3.05, 3.63) is 70.8 Å². The minimum atomic E-state index is -1.14. The number of ether oxygens (including phenoxy) is 2. The summed E-state index contributed by atoms with van der Waals surface area (Å²) in [6.07, 6.45) is -3.36. The lowest BCUT2D eigenvalue weighted by molar-refractivity contribution is -0.146. The number of aromatic carboxylic acids is 1. The number of carboxylic acid groups (broad SMARTS) is 1. The number of nitrogens with two attached hydrogens (primary N) is 1. The zero-order valence-corrected chi connectivity index (χ0v) is 27.8. The maximum absolute atomic E-state index is 12.1. The van der Waals surface area contributed by atoms with E-state index >= 15 is 0 Å². The molecule has 260 valence electrons. The van der Waals surface area contributed by atoms with Gasteiger partial charge in [-0.2, -0.15) is 0 Å². The van der Waals surface area contributed by atoms with E-state index in [-0.39, 0.29) is 5.56 Å². The van der Waals surface area contributed by atoms with Crippen LogP contribution < -0.4 is 11.1 Å². The Kier molecular flexibility index (Phi) is 20.9. The maximum Gasteiger partial charge on any atom is 0.335 e. The van der Waals surface area contributed by atoms with E-state index in [0.717, 1.165) is 0 Å². The van der Waals surface area contributed by atoms with Gasteiger partial charge in [0.1, 0.15) is 18.2 Å². The van der Waals surface area contributed by atoms with Crippen molar-refractivity contribution >= 4 is 23.8 Å². The van der Waals surface area contributed by atoms with Crippen molar-refractivity contribution in [3.8, 4) is 47.4 Å². The first kappa shape index (κ1) is 43.4. The summed E-state index contributed by atoms with van der Waals surface area (Å²) in [5, 5.41) is 47.1. The van der Waals surface area contributed by atoms with E-state index in [2.05, 4.69) is 62.2 Å². The first-order valence-electron chi connectivity index (χ1n) is 14.4. The molecule has 8 N–H and O–H groups in total. The van der Waals surface area contributed by atoms with Gasteiger partial charge in [-0.25, -0.2) is 9.59 Å². The molecule has 2 aromatic carbocycles. The fourth-order valence-corrected chi connectivity index (χ4v) is 2.95. The zero-order valence-electron chi connectivity index (χ0n) is 27.8. The van der Waals surface area contributed by atoms with Crippen LogP contribution in [0.15, 0.2) is 48.5 Å². The van der Waals surface area contributed by atoms with Gasteiger partial charge in [0.25, 0.3) is 5.91 Å². The summed E-state index contributed by atoms with van der Waals surface area (Å²) < 4.78 is 8.79. The van der Waals surface area contributed by atoms with E-state index < -0.39 is 60.3 Å². The average molecular weight is 677 g/mol. The van der Waals surface area contributed by atoms with E-state index in [1.807, 2.05) is 0 Å². The van der Waals surface area contributed by atoms with Gasteiger partial charge in [-0.3, -0.25) is 9.59 Å². The van der Waals surface area contributed by atoms with Crippen molar-refractivity contribution in [1.29, 1.82) is 0 Å². The number of benzene rings is 2. The molecule has 0 fully saturated rings. The third-order valence-corrected chi connectivity index (χ3v) is 5.60. The zero-order chi connectivity index (χ0) is 37.5. The lowest BCUT2D eigenvalue weighted by Gasteiger charge is -2.18. The molecule has 0 heterocycles. The topological polar surface area (TPSA) is 226 Å². The van der Waals surface area contributed by atoms with E-state index in [1.54, 1.807) is 31.2 Å². The molecule has 0 bridgehead atoms. The molecule has 13 heteroatoms. The van der Waals surface area contributed by atoms with Gasteiger partial charge in [-0.1, -0.05) is 23.7 Å². The second kappa shape index (κ2) is 23.6. The second-order valence-electron chi connectivity index (χ2n) is 9.85. The Morgan fingerprint density at radius 3 is 1.37 bits per heavy atom. The van der Waals surface area contributed by atoms with Crippen molar-refractivity contribution in [2.24, 2.45) is 5.73 Å². The van der Waals surface area contributed by atoms with Crippen LogP contribution in [-0.4, -0.2) is 100 Å². The van der Waals surface area contributed by atoms with Crippen molar-refractivity contribution in [1.82, 2.24) is 5.32 Å². The number of carboxylic acids is 1. The predicted octanol–water partition coefficient (Wildman–Crippen LogP) is 0.0625. The number of aliphatic hydroxyl groups excluding tert-OH is 4. The normalized spacial score (nSPS) is 12.9. The number of nitrogens with one attached hydrogen (secondary N) is 1. The third-order valence-electron chi connectivity index (χ3n) is 5.60. The quantitative estimate of drug-likeness (QED) is 0.153. The van der Waals surface area contributed by atoms with Crippen molar-refractivity contribution in [3.63, 3.8) is 0 Å². The van der Waals surface area contributed by atoms with Gasteiger partial charge in [0, 0.05) is 16.7 Å². The molecule has 0 aromatic heterocycles. The standard InChI is InChI=1S/C18H19NO5.C13H10O3.C5H11NO3/c1-12(20)6-4-5-7-14-8-10-15(11-9-14)17(22)19-16(13(2)21)18(23)24-3;1-10(14)4-2-3-5-11-6-8-12(9-7-11)13(15)16;1-3(7)4(6)5(8)9-2/h8-13,16,20-21H,1-3H3,(H,19,22);6-10,14H,1H3,(H,15,16);3-4,7H,6H2,1-2H3/t12-,13+,16-;10-;3-,4+/m001/s1. The molecule has 6 atom stereocenters. The van der Waals surface area contributed by atoms with Gasteiger partial charge in [-0.05, 0) is 99.9 Å². The summed E-state index contributed by atoms with van der Waals surface area (Å²) in [5.41, 5.74) is 7.01. The highest BCUT2D eigenvalue weighted by Crippen LogP contribution is 2.06. The second-order valence-corrected chi connectivity index (χ2v) is 9.85. The number of aliphatic hydroxyl groups is 4. The number of rotatable bonds is 7. The Morgan fingerprint density at radius 2 is 1.06 bits per heavy atom. The molecule has 2 aromatic rings. The Bertz CT molecular complexity index is 1630. The first-order chi connectivity index (χ1) is 23.0. The number of carbonyl (C=O) groups excluding carboxylic acids is 3. The average Bonchev–Trinajstić information content (AvgIpc) is 3.07. The molecule has 0 aliphatic heterocycles. The molecule has 13 nitrogen and oxygen atoms in total. The highest BCUT2D eigenvalue weighted by atomic mass is 16.5. The Labute approximate surface area is 285 Å². The molecule has 0 spiro atoms.